The summed E-state index contributed by atoms with van der Waals surface area (Å²) in [6.07, 6.45) is 5.09. The molecule has 0 unspecified atom stereocenters. The van der Waals surface area contributed by atoms with E-state index in [1.54, 1.807) is 12.3 Å². The fourth-order valence-electron chi connectivity index (χ4n) is 2.94. The number of hydrogen-bond donors (Lipinski definition) is 0. The zero-order valence-corrected chi connectivity index (χ0v) is 17.9. The second-order valence-electron chi connectivity index (χ2n) is 7.90. The molecule has 2 aromatic heterocycles. The molecular formula is C20H23F4N3O2S. The van der Waals surface area contributed by atoms with Crippen LogP contribution >= 0.6 is 0 Å². The van der Waals surface area contributed by atoms with Crippen molar-refractivity contribution in [1.82, 2.24) is 14.5 Å². The Hall–Kier alpha value is -2.23. The summed E-state index contributed by atoms with van der Waals surface area (Å²) in [5, 5.41) is 0. The van der Waals surface area contributed by atoms with Crippen molar-refractivity contribution in [2.75, 3.05) is 5.75 Å². The van der Waals surface area contributed by atoms with E-state index in [1.165, 1.54) is 18.5 Å². The van der Waals surface area contributed by atoms with Gasteiger partial charge in [0.15, 0.2) is 27.2 Å². The highest BCUT2D eigenvalue weighted by Crippen LogP contribution is 2.42. The molecule has 0 spiro atoms. The summed E-state index contributed by atoms with van der Waals surface area (Å²) < 4.78 is 82.2. The molecule has 0 radical (unpaired) electrons. The van der Waals surface area contributed by atoms with Crippen molar-refractivity contribution in [1.29, 1.82) is 0 Å². The third-order valence-electron chi connectivity index (χ3n) is 5.19. The standard InChI is InChI=1S/C20H23F4N3O2S/c1-5-30(28,29)15-8-13(12-6-7-12)10-25-17(15)18-26-11-14(27(18)4)9-16(21)20(23,24)19(2,3)22/h8-12H,5-7H2,1-4H3/b16-9-. The SMILES string of the molecule is CCS(=O)(=O)c1cc(C2CC2)cnc1-c1ncc(/C=C(\F)C(F)(F)C(C)(C)F)n1C. The third-order valence-corrected chi connectivity index (χ3v) is 6.94. The van der Waals surface area contributed by atoms with Gasteiger partial charge in [-0.25, -0.2) is 22.2 Å². The minimum Gasteiger partial charge on any atom is -0.326 e. The first kappa shape index (κ1) is 22.5. The smallest absolute Gasteiger partial charge is 0.326 e. The summed E-state index contributed by atoms with van der Waals surface area (Å²) >= 11 is 0. The highest BCUT2D eigenvalue weighted by atomic mass is 32.2. The molecule has 1 fully saturated rings. The summed E-state index contributed by atoms with van der Waals surface area (Å²) in [5.74, 6) is -6.09. The van der Waals surface area contributed by atoms with Gasteiger partial charge in [0.1, 0.15) is 5.69 Å². The quantitative estimate of drug-likeness (QED) is 0.572. The van der Waals surface area contributed by atoms with Crippen LogP contribution in [0.25, 0.3) is 17.6 Å². The van der Waals surface area contributed by atoms with E-state index in [9.17, 15) is 26.0 Å². The molecule has 164 valence electrons. The minimum atomic E-state index is -4.34. The van der Waals surface area contributed by atoms with Crippen LogP contribution in [0.15, 0.2) is 29.2 Å². The maximum atomic E-state index is 14.1. The molecule has 5 nitrogen and oxygen atoms in total. The molecule has 1 aliphatic carbocycles. The average molecular weight is 445 g/mol. The van der Waals surface area contributed by atoms with Gasteiger partial charge in [-0.2, -0.15) is 8.78 Å². The van der Waals surface area contributed by atoms with E-state index < -0.39 is 27.3 Å². The van der Waals surface area contributed by atoms with E-state index >= 15 is 0 Å². The van der Waals surface area contributed by atoms with Gasteiger partial charge in [-0.15, -0.1) is 0 Å². The predicted octanol–water partition coefficient (Wildman–Crippen LogP) is 4.85. The van der Waals surface area contributed by atoms with E-state index in [4.69, 9.17) is 0 Å². The van der Waals surface area contributed by atoms with Crippen LogP contribution in [0.3, 0.4) is 0 Å². The summed E-state index contributed by atoms with van der Waals surface area (Å²) in [5.41, 5.74) is -2.31. The number of hydrogen-bond acceptors (Lipinski definition) is 4. The molecule has 0 amide bonds. The van der Waals surface area contributed by atoms with E-state index in [0.717, 1.165) is 24.6 Å². The lowest BCUT2D eigenvalue weighted by Crippen LogP contribution is -2.39. The molecule has 0 N–H and O–H groups in total. The summed E-state index contributed by atoms with van der Waals surface area (Å²) in [6.45, 7) is 2.68. The molecule has 2 aromatic rings. The second kappa shape index (κ2) is 7.47. The monoisotopic (exact) mass is 445 g/mol. The number of sulfone groups is 1. The largest absolute Gasteiger partial charge is 0.331 e. The maximum absolute atomic E-state index is 14.1. The molecule has 0 bridgehead atoms. The zero-order chi connectivity index (χ0) is 22.5. The Kier molecular flexibility index (Phi) is 5.59. The van der Waals surface area contributed by atoms with Crippen LogP contribution in [0.4, 0.5) is 17.6 Å². The lowest BCUT2D eigenvalue weighted by molar-refractivity contribution is -0.102. The van der Waals surface area contributed by atoms with Crippen LogP contribution in [-0.4, -0.2) is 40.3 Å². The van der Waals surface area contributed by atoms with Crippen LogP contribution in [0.2, 0.25) is 0 Å². The molecule has 30 heavy (non-hydrogen) atoms. The molecule has 3 rings (SSSR count). The molecule has 1 aliphatic rings. The Balaban J connectivity index is 2.09. The molecule has 0 aromatic carbocycles. The third kappa shape index (κ3) is 4.01. The predicted molar refractivity (Wildman–Crippen MR) is 105 cm³/mol. The Morgan fingerprint density at radius 1 is 1.23 bits per heavy atom. The highest BCUT2D eigenvalue weighted by Gasteiger charge is 2.51. The first-order chi connectivity index (χ1) is 13.8. The van der Waals surface area contributed by atoms with Crippen molar-refractivity contribution in [2.45, 2.75) is 56.0 Å². The molecule has 2 heterocycles. The van der Waals surface area contributed by atoms with E-state index in [2.05, 4.69) is 9.97 Å². The fourth-order valence-corrected chi connectivity index (χ4v) is 4.01. The number of allylic oxidation sites excluding steroid dienone is 1. The molecule has 0 aliphatic heterocycles. The van der Waals surface area contributed by atoms with Crippen molar-refractivity contribution in [2.24, 2.45) is 7.05 Å². The number of aromatic nitrogens is 3. The van der Waals surface area contributed by atoms with Gasteiger partial charge in [0.25, 0.3) is 0 Å². The van der Waals surface area contributed by atoms with Crippen LogP contribution in [0.5, 0.6) is 0 Å². The molecule has 0 atom stereocenters. The van der Waals surface area contributed by atoms with Gasteiger partial charge in [0, 0.05) is 19.3 Å². The van der Waals surface area contributed by atoms with E-state index in [0.29, 0.717) is 19.9 Å². The van der Waals surface area contributed by atoms with Gasteiger partial charge in [-0.3, -0.25) is 4.98 Å². The van der Waals surface area contributed by atoms with Crippen LogP contribution in [0, 0.1) is 0 Å². The van der Waals surface area contributed by atoms with E-state index in [-0.39, 0.29) is 33.8 Å². The van der Waals surface area contributed by atoms with E-state index in [1.807, 2.05) is 0 Å². The zero-order valence-electron chi connectivity index (χ0n) is 17.1. The lowest BCUT2D eigenvalue weighted by atomic mass is 10.0. The van der Waals surface area contributed by atoms with Gasteiger partial charge < -0.3 is 4.57 Å². The van der Waals surface area contributed by atoms with Gasteiger partial charge in [-0.05, 0) is 44.2 Å². The van der Waals surface area contributed by atoms with Gasteiger partial charge >= 0.3 is 5.92 Å². The topological polar surface area (TPSA) is 64.8 Å². The summed E-state index contributed by atoms with van der Waals surface area (Å²) in [6, 6.07) is 1.57. The minimum absolute atomic E-state index is 0.00526. The van der Waals surface area contributed by atoms with Gasteiger partial charge in [0.2, 0.25) is 0 Å². The van der Waals surface area contributed by atoms with Crippen molar-refractivity contribution >= 4 is 15.9 Å². The van der Waals surface area contributed by atoms with Crippen LogP contribution in [0.1, 0.15) is 50.8 Å². The number of nitrogens with zero attached hydrogens (tertiary/aromatic N) is 3. The number of alkyl halides is 3. The number of halogens is 4. The van der Waals surface area contributed by atoms with Crippen molar-refractivity contribution in [3.8, 4) is 11.5 Å². The van der Waals surface area contributed by atoms with Gasteiger partial charge in [-0.1, -0.05) is 6.92 Å². The van der Waals surface area contributed by atoms with Crippen LogP contribution in [-0.2, 0) is 16.9 Å². The first-order valence-corrected chi connectivity index (χ1v) is 11.1. The Morgan fingerprint density at radius 3 is 2.40 bits per heavy atom. The molecule has 1 saturated carbocycles. The van der Waals surface area contributed by atoms with Crippen molar-refractivity contribution in [3.05, 3.63) is 35.5 Å². The first-order valence-electron chi connectivity index (χ1n) is 9.48. The molecule has 0 saturated heterocycles. The average Bonchev–Trinajstić information content (AvgIpc) is 3.45. The van der Waals surface area contributed by atoms with Crippen molar-refractivity contribution in [3.63, 3.8) is 0 Å². The lowest BCUT2D eigenvalue weighted by Gasteiger charge is -2.24. The Morgan fingerprint density at radius 2 is 1.87 bits per heavy atom. The molecular weight excluding hydrogens is 422 g/mol. The Labute approximate surface area is 172 Å². The number of imidazole rings is 1. The number of pyridine rings is 1. The fraction of sp³-hybridized carbons (Fsp3) is 0.500. The molecule has 10 heteroatoms. The summed E-state index contributed by atoms with van der Waals surface area (Å²) in [7, 11) is -2.24. The van der Waals surface area contributed by atoms with Gasteiger partial charge in [0.05, 0.1) is 22.5 Å². The van der Waals surface area contributed by atoms with Crippen molar-refractivity contribution < 1.29 is 26.0 Å². The summed E-state index contributed by atoms with van der Waals surface area (Å²) in [4.78, 5) is 8.34. The normalized spacial score (nSPS) is 16.2. The number of rotatable bonds is 7. The maximum Gasteiger partial charge on any atom is 0.331 e. The Bertz CT molecular complexity index is 1100. The van der Waals surface area contributed by atoms with Crippen LogP contribution < -0.4 is 0 Å². The second-order valence-corrected chi connectivity index (χ2v) is 10.1. The highest BCUT2D eigenvalue weighted by molar-refractivity contribution is 7.91.